The number of carbonyl (C=O) groups is 2. The number of rotatable bonds is 2. The van der Waals surface area contributed by atoms with Crippen molar-refractivity contribution in [2.24, 2.45) is 5.92 Å². The molecule has 2 amide bonds. The zero-order valence-electron chi connectivity index (χ0n) is 12.9. The van der Waals surface area contributed by atoms with Crippen LogP contribution in [0.4, 0.5) is 5.69 Å². The lowest BCUT2D eigenvalue weighted by Crippen LogP contribution is -2.41. The Labute approximate surface area is 125 Å². The van der Waals surface area contributed by atoms with Gasteiger partial charge in [0.1, 0.15) is 0 Å². The van der Waals surface area contributed by atoms with Gasteiger partial charge in [-0.2, -0.15) is 0 Å². The van der Waals surface area contributed by atoms with Gasteiger partial charge in [0.15, 0.2) is 0 Å². The molecule has 0 spiro atoms. The summed E-state index contributed by atoms with van der Waals surface area (Å²) in [5.41, 5.74) is 2.24. The van der Waals surface area contributed by atoms with Gasteiger partial charge in [-0.1, -0.05) is 18.2 Å². The number of anilines is 1. The van der Waals surface area contributed by atoms with E-state index >= 15 is 0 Å². The Morgan fingerprint density at radius 1 is 1.24 bits per heavy atom. The van der Waals surface area contributed by atoms with Crippen LogP contribution in [0.25, 0.3) is 0 Å². The molecular formula is C17H22N2O2. The Balaban J connectivity index is 1.82. The number of benzene rings is 1. The number of hydrogen-bond donors (Lipinski definition) is 0. The minimum absolute atomic E-state index is 0.100. The lowest BCUT2D eigenvalue weighted by atomic mass is 10.1. The standard InChI is InChI=1S/C17H22N2O2/c1-11(2)18-10-14(9-16(18)20)17(21)19-12(3)8-13-6-4-5-7-15(13)19/h4-7,11-12,14H,8-10H2,1-3H3/t12-,14-/m1/s1. The third-order valence-electron chi connectivity index (χ3n) is 4.58. The molecular weight excluding hydrogens is 264 g/mol. The number of para-hydroxylation sites is 1. The molecule has 1 saturated heterocycles. The first-order valence-electron chi connectivity index (χ1n) is 7.69. The molecule has 2 aliphatic heterocycles. The topological polar surface area (TPSA) is 40.6 Å². The van der Waals surface area contributed by atoms with Gasteiger partial charge in [0, 0.05) is 30.7 Å². The van der Waals surface area contributed by atoms with Crippen LogP contribution >= 0.6 is 0 Å². The summed E-state index contributed by atoms with van der Waals surface area (Å²) in [6.07, 6.45) is 1.25. The van der Waals surface area contributed by atoms with Gasteiger partial charge in [-0.3, -0.25) is 9.59 Å². The second-order valence-corrected chi connectivity index (χ2v) is 6.43. The minimum atomic E-state index is -0.200. The van der Waals surface area contributed by atoms with Crippen molar-refractivity contribution in [3.63, 3.8) is 0 Å². The van der Waals surface area contributed by atoms with Crippen LogP contribution in [0.3, 0.4) is 0 Å². The molecule has 0 aliphatic carbocycles. The summed E-state index contributed by atoms with van der Waals surface area (Å²) in [5, 5.41) is 0. The molecule has 112 valence electrons. The van der Waals surface area contributed by atoms with Crippen molar-refractivity contribution in [2.45, 2.75) is 45.7 Å². The van der Waals surface area contributed by atoms with E-state index in [1.54, 1.807) is 0 Å². The third kappa shape index (κ3) is 2.33. The summed E-state index contributed by atoms with van der Waals surface area (Å²) in [7, 11) is 0. The molecule has 0 bridgehead atoms. The molecule has 3 rings (SSSR count). The second-order valence-electron chi connectivity index (χ2n) is 6.43. The zero-order valence-corrected chi connectivity index (χ0v) is 12.9. The van der Waals surface area contributed by atoms with Gasteiger partial charge in [-0.15, -0.1) is 0 Å². The smallest absolute Gasteiger partial charge is 0.232 e. The van der Waals surface area contributed by atoms with Crippen molar-refractivity contribution < 1.29 is 9.59 Å². The Hall–Kier alpha value is -1.84. The maximum absolute atomic E-state index is 12.9. The molecule has 1 aromatic carbocycles. The summed E-state index contributed by atoms with van der Waals surface area (Å²) in [6, 6.07) is 8.42. The van der Waals surface area contributed by atoms with Crippen LogP contribution in [0.2, 0.25) is 0 Å². The van der Waals surface area contributed by atoms with Crippen LogP contribution < -0.4 is 4.90 Å². The summed E-state index contributed by atoms with van der Waals surface area (Å²) in [4.78, 5) is 28.6. The highest BCUT2D eigenvalue weighted by Crippen LogP contribution is 2.34. The predicted molar refractivity (Wildman–Crippen MR) is 82.1 cm³/mol. The predicted octanol–water partition coefficient (Wildman–Crippen LogP) is 2.22. The fourth-order valence-electron chi connectivity index (χ4n) is 3.49. The van der Waals surface area contributed by atoms with E-state index in [0.29, 0.717) is 13.0 Å². The van der Waals surface area contributed by atoms with Gasteiger partial charge in [0.25, 0.3) is 0 Å². The Morgan fingerprint density at radius 2 is 1.95 bits per heavy atom. The van der Waals surface area contributed by atoms with E-state index in [2.05, 4.69) is 13.0 Å². The first kappa shape index (κ1) is 14.1. The fourth-order valence-corrected chi connectivity index (χ4v) is 3.49. The number of fused-ring (bicyclic) bond motifs is 1. The van der Waals surface area contributed by atoms with Gasteiger partial charge < -0.3 is 9.80 Å². The Kier molecular flexibility index (Phi) is 3.47. The zero-order chi connectivity index (χ0) is 15.1. The first-order valence-corrected chi connectivity index (χ1v) is 7.69. The maximum Gasteiger partial charge on any atom is 0.232 e. The molecule has 2 aliphatic rings. The Morgan fingerprint density at radius 3 is 2.62 bits per heavy atom. The fraction of sp³-hybridized carbons (Fsp3) is 0.529. The number of amides is 2. The summed E-state index contributed by atoms with van der Waals surface area (Å²) in [6.45, 7) is 6.63. The molecule has 4 nitrogen and oxygen atoms in total. The molecule has 21 heavy (non-hydrogen) atoms. The summed E-state index contributed by atoms with van der Waals surface area (Å²) < 4.78 is 0. The quantitative estimate of drug-likeness (QED) is 0.836. The van der Waals surface area contributed by atoms with Crippen LogP contribution in [0, 0.1) is 5.92 Å². The van der Waals surface area contributed by atoms with Gasteiger partial charge in [0.2, 0.25) is 11.8 Å². The normalized spacial score (nSPS) is 24.9. The molecule has 0 aromatic heterocycles. The van der Waals surface area contributed by atoms with Crippen LogP contribution in [0.1, 0.15) is 32.8 Å². The molecule has 0 saturated carbocycles. The minimum Gasteiger partial charge on any atom is -0.339 e. The summed E-state index contributed by atoms with van der Waals surface area (Å²) in [5.74, 6) is 0.000872. The SMILES string of the molecule is CC(C)N1C[C@H](C(=O)N2c3ccccc3C[C@H]2C)CC1=O. The van der Waals surface area contributed by atoms with Crippen molar-refractivity contribution in [1.82, 2.24) is 4.90 Å². The van der Waals surface area contributed by atoms with E-state index in [1.165, 1.54) is 5.56 Å². The molecule has 4 heteroatoms. The Bertz CT molecular complexity index is 582. The van der Waals surface area contributed by atoms with E-state index in [0.717, 1.165) is 12.1 Å². The highest BCUT2D eigenvalue weighted by atomic mass is 16.2. The van der Waals surface area contributed by atoms with Crippen molar-refractivity contribution in [3.05, 3.63) is 29.8 Å². The van der Waals surface area contributed by atoms with E-state index in [1.807, 2.05) is 41.8 Å². The third-order valence-corrected chi connectivity index (χ3v) is 4.58. The molecule has 0 N–H and O–H groups in total. The van der Waals surface area contributed by atoms with E-state index in [9.17, 15) is 9.59 Å². The average molecular weight is 286 g/mol. The van der Waals surface area contributed by atoms with Crippen molar-refractivity contribution in [1.29, 1.82) is 0 Å². The summed E-state index contributed by atoms with van der Waals surface area (Å²) >= 11 is 0. The van der Waals surface area contributed by atoms with E-state index < -0.39 is 0 Å². The molecule has 1 aromatic rings. The van der Waals surface area contributed by atoms with Crippen LogP contribution in [0.5, 0.6) is 0 Å². The van der Waals surface area contributed by atoms with E-state index in [4.69, 9.17) is 0 Å². The molecule has 1 fully saturated rings. The van der Waals surface area contributed by atoms with Gasteiger partial charge >= 0.3 is 0 Å². The van der Waals surface area contributed by atoms with Crippen LogP contribution in [0.15, 0.2) is 24.3 Å². The second kappa shape index (κ2) is 5.17. The lowest BCUT2D eigenvalue weighted by Gasteiger charge is -2.26. The number of nitrogens with zero attached hydrogens (tertiary/aromatic N) is 2. The van der Waals surface area contributed by atoms with Crippen molar-refractivity contribution in [2.75, 3.05) is 11.4 Å². The first-order chi connectivity index (χ1) is 9.99. The molecule has 0 unspecified atom stereocenters. The maximum atomic E-state index is 12.9. The number of carbonyl (C=O) groups excluding carboxylic acids is 2. The highest BCUT2D eigenvalue weighted by molar-refractivity contribution is 6.01. The largest absolute Gasteiger partial charge is 0.339 e. The monoisotopic (exact) mass is 286 g/mol. The molecule has 0 radical (unpaired) electrons. The number of likely N-dealkylation sites (tertiary alicyclic amines) is 1. The number of hydrogen-bond acceptors (Lipinski definition) is 2. The van der Waals surface area contributed by atoms with Crippen molar-refractivity contribution in [3.8, 4) is 0 Å². The van der Waals surface area contributed by atoms with Crippen LogP contribution in [-0.2, 0) is 16.0 Å². The lowest BCUT2D eigenvalue weighted by molar-refractivity contribution is -0.129. The van der Waals surface area contributed by atoms with E-state index in [-0.39, 0.29) is 29.8 Å². The van der Waals surface area contributed by atoms with Gasteiger partial charge in [-0.25, -0.2) is 0 Å². The molecule has 2 atom stereocenters. The van der Waals surface area contributed by atoms with Crippen LogP contribution in [-0.4, -0.2) is 35.3 Å². The highest BCUT2D eigenvalue weighted by Gasteiger charge is 2.41. The molecule has 2 heterocycles. The van der Waals surface area contributed by atoms with Gasteiger partial charge in [-0.05, 0) is 38.8 Å². The van der Waals surface area contributed by atoms with Crippen molar-refractivity contribution >= 4 is 17.5 Å². The van der Waals surface area contributed by atoms with Gasteiger partial charge in [0.05, 0.1) is 5.92 Å². The average Bonchev–Trinajstić information content (AvgIpc) is 2.97.